The molecular formula is C23H19N3S. The van der Waals surface area contributed by atoms with E-state index in [-0.39, 0.29) is 0 Å². The molecular weight excluding hydrogens is 350 g/mol. The third-order valence-corrected chi connectivity index (χ3v) is 5.37. The Morgan fingerprint density at radius 1 is 0.963 bits per heavy atom. The summed E-state index contributed by atoms with van der Waals surface area (Å²) in [4.78, 5) is 5.76. The van der Waals surface area contributed by atoms with E-state index in [9.17, 15) is 5.26 Å². The van der Waals surface area contributed by atoms with Gasteiger partial charge in [0, 0.05) is 21.9 Å². The highest BCUT2D eigenvalue weighted by Crippen LogP contribution is 2.29. The van der Waals surface area contributed by atoms with E-state index in [1.807, 2.05) is 46.6 Å². The first kappa shape index (κ1) is 17.4. The zero-order valence-corrected chi connectivity index (χ0v) is 16.1. The monoisotopic (exact) mass is 369 g/mol. The maximum Gasteiger partial charge on any atom is 0.155 e. The minimum atomic E-state index is 0.554. The van der Waals surface area contributed by atoms with Crippen LogP contribution in [0.5, 0.6) is 0 Å². The van der Waals surface area contributed by atoms with E-state index in [1.165, 1.54) is 4.90 Å². The van der Waals surface area contributed by atoms with Gasteiger partial charge in [-0.15, -0.1) is 11.8 Å². The molecule has 0 bridgehead atoms. The first-order chi connectivity index (χ1) is 13.2. The lowest BCUT2D eigenvalue weighted by Crippen LogP contribution is -1.94. The number of hydrogen-bond donors (Lipinski definition) is 0. The molecule has 2 aromatic carbocycles. The number of pyridine rings is 1. The summed E-state index contributed by atoms with van der Waals surface area (Å²) in [6.45, 7) is 4.38. The van der Waals surface area contributed by atoms with Gasteiger partial charge in [-0.1, -0.05) is 56.3 Å². The fourth-order valence-corrected chi connectivity index (χ4v) is 3.99. The minimum Gasteiger partial charge on any atom is -0.298 e. The molecule has 2 heterocycles. The summed E-state index contributed by atoms with van der Waals surface area (Å²) in [5.74, 6) is 0. The van der Waals surface area contributed by atoms with Gasteiger partial charge < -0.3 is 0 Å². The summed E-state index contributed by atoms with van der Waals surface area (Å²) in [5.41, 5.74) is 5.43. The lowest BCUT2D eigenvalue weighted by atomic mass is 10.1. The number of rotatable bonds is 4. The molecule has 0 spiro atoms. The van der Waals surface area contributed by atoms with E-state index in [0.717, 1.165) is 22.4 Å². The van der Waals surface area contributed by atoms with Crippen molar-refractivity contribution < 1.29 is 0 Å². The molecule has 0 amide bonds. The molecule has 0 aliphatic rings. The van der Waals surface area contributed by atoms with Crippen LogP contribution in [-0.2, 0) is 0 Å². The van der Waals surface area contributed by atoms with Crippen molar-refractivity contribution in [2.24, 2.45) is 0 Å². The predicted octanol–water partition coefficient (Wildman–Crippen LogP) is 6.04. The van der Waals surface area contributed by atoms with Crippen molar-refractivity contribution in [3.63, 3.8) is 0 Å². The normalized spacial score (nSPS) is 11.0. The minimum absolute atomic E-state index is 0.554. The fraction of sp³-hybridized carbons (Fsp3) is 0.130. The van der Waals surface area contributed by atoms with E-state index in [1.54, 1.807) is 0 Å². The molecule has 0 aliphatic carbocycles. The molecule has 0 atom stereocenters. The largest absolute Gasteiger partial charge is 0.298 e. The molecule has 3 nitrogen and oxygen atoms in total. The highest BCUT2D eigenvalue weighted by Gasteiger charge is 2.12. The Kier molecular flexibility index (Phi) is 4.70. The number of aromatic nitrogens is 2. The van der Waals surface area contributed by atoms with Crippen molar-refractivity contribution in [2.45, 2.75) is 24.0 Å². The molecule has 132 valence electrons. The number of benzene rings is 2. The van der Waals surface area contributed by atoms with Crippen LogP contribution in [0.15, 0.2) is 78.0 Å². The Balaban J connectivity index is 1.84. The third kappa shape index (κ3) is 3.47. The Hall–Kier alpha value is -3.03. The highest BCUT2D eigenvalue weighted by molar-refractivity contribution is 7.99. The van der Waals surface area contributed by atoms with E-state index >= 15 is 0 Å². The van der Waals surface area contributed by atoms with Crippen LogP contribution in [0.25, 0.3) is 28.0 Å². The van der Waals surface area contributed by atoms with Crippen LogP contribution in [0.1, 0.15) is 19.4 Å². The van der Waals surface area contributed by atoms with Crippen molar-refractivity contribution >= 4 is 17.4 Å². The van der Waals surface area contributed by atoms with E-state index in [0.29, 0.717) is 16.5 Å². The first-order valence-corrected chi connectivity index (χ1v) is 9.77. The number of fused-ring (bicyclic) bond motifs is 1. The van der Waals surface area contributed by atoms with Crippen molar-refractivity contribution in [3.8, 4) is 28.5 Å². The first-order valence-electron chi connectivity index (χ1n) is 8.89. The summed E-state index contributed by atoms with van der Waals surface area (Å²) >= 11 is 1.85. The van der Waals surface area contributed by atoms with Gasteiger partial charge in [0.15, 0.2) is 5.65 Å². The van der Waals surface area contributed by atoms with Gasteiger partial charge in [-0.3, -0.25) is 4.40 Å². The van der Waals surface area contributed by atoms with E-state index < -0.39 is 0 Å². The van der Waals surface area contributed by atoms with Gasteiger partial charge in [0.05, 0.1) is 17.5 Å². The molecule has 4 aromatic rings. The van der Waals surface area contributed by atoms with Gasteiger partial charge in [0.1, 0.15) is 6.07 Å². The van der Waals surface area contributed by atoms with Crippen molar-refractivity contribution in [1.82, 2.24) is 9.38 Å². The second-order valence-electron chi connectivity index (χ2n) is 6.65. The van der Waals surface area contributed by atoms with Gasteiger partial charge in [0.25, 0.3) is 0 Å². The maximum absolute atomic E-state index is 9.60. The average Bonchev–Trinajstić information content (AvgIpc) is 3.12. The predicted molar refractivity (Wildman–Crippen MR) is 112 cm³/mol. The molecule has 0 saturated heterocycles. The maximum atomic E-state index is 9.60. The second-order valence-corrected chi connectivity index (χ2v) is 8.30. The number of hydrogen-bond acceptors (Lipinski definition) is 3. The lowest BCUT2D eigenvalue weighted by Gasteiger charge is -2.09. The van der Waals surface area contributed by atoms with E-state index in [2.05, 4.69) is 67.5 Å². The number of thioether (sulfide) groups is 1. The lowest BCUT2D eigenvalue weighted by molar-refractivity contribution is 1.11. The van der Waals surface area contributed by atoms with Crippen LogP contribution < -0.4 is 0 Å². The fourth-order valence-electron chi connectivity index (χ4n) is 3.15. The summed E-state index contributed by atoms with van der Waals surface area (Å²) < 4.78 is 2.02. The van der Waals surface area contributed by atoms with Crippen molar-refractivity contribution in [3.05, 3.63) is 78.6 Å². The van der Waals surface area contributed by atoms with Gasteiger partial charge in [0.2, 0.25) is 0 Å². The second kappa shape index (κ2) is 7.30. The third-order valence-electron chi connectivity index (χ3n) is 4.36. The molecule has 0 saturated carbocycles. The molecule has 0 fully saturated rings. The highest BCUT2D eigenvalue weighted by atomic mass is 32.2. The zero-order chi connectivity index (χ0) is 18.8. The summed E-state index contributed by atoms with van der Waals surface area (Å²) in [5, 5.41) is 10.2. The standard InChI is InChI=1S/C23H19N3S/c1-16(2)27-21-10-8-18(9-11-21)22-14-25-23-19(13-24)12-20(15-26(22)23)17-6-4-3-5-7-17/h3-12,14-16H,1-2H3. The summed E-state index contributed by atoms with van der Waals surface area (Å²) in [6.07, 6.45) is 3.90. The average molecular weight is 369 g/mol. The number of imidazole rings is 1. The van der Waals surface area contributed by atoms with Gasteiger partial charge >= 0.3 is 0 Å². The van der Waals surface area contributed by atoms with Crippen LogP contribution in [0.2, 0.25) is 0 Å². The van der Waals surface area contributed by atoms with Crippen LogP contribution in [0.3, 0.4) is 0 Å². The number of nitriles is 1. The van der Waals surface area contributed by atoms with E-state index in [4.69, 9.17) is 0 Å². The SMILES string of the molecule is CC(C)Sc1ccc(-c2cnc3c(C#N)cc(-c4ccccc4)cn23)cc1. The molecule has 0 aliphatic heterocycles. The summed E-state index contributed by atoms with van der Waals surface area (Å²) in [6, 6.07) is 22.8. The molecule has 4 rings (SSSR count). The Morgan fingerprint density at radius 2 is 1.70 bits per heavy atom. The quantitative estimate of drug-likeness (QED) is 0.412. The smallest absolute Gasteiger partial charge is 0.155 e. The van der Waals surface area contributed by atoms with Gasteiger partial charge in [-0.25, -0.2) is 4.98 Å². The molecule has 0 unspecified atom stereocenters. The number of nitrogens with zero attached hydrogens (tertiary/aromatic N) is 3. The molecule has 0 radical (unpaired) electrons. The van der Waals surface area contributed by atoms with Crippen LogP contribution in [-0.4, -0.2) is 14.6 Å². The Labute approximate surface area is 163 Å². The van der Waals surface area contributed by atoms with Crippen LogP contribution >= 0.6 is 11.8 Å². The van der Waals surface area contributed by atoms with Crippen molar-refractivity contribution in [1.29, 1.82) is 5.26 Å². The molecule has 4 heteroatoms. The zero-order valence-electron chi connectivity index (χ0n) is 15.3. The topological polar surface area (TPSA) is 41.1 Å². The summed E-state index contributed by atoms with van der Waals surface area (Å²) in [7, 11) is 0. The van der Waals surface area contributed by atoms with Crippen molar-refractivity contribution in [2.75, 3.05) is 0 Å². The van der Waals surface area contributed by atoms with Crippen LogP contribution in [0.4, 0.5) is 0 Å². The molecule has 2 aromatic heterocycles. The Morgan fingerprint density at radius 3 is 2.37 bits per heavy atom. The van der Waals surface area contributed by atoms with Gasteiger partial charge in [-0.2, -0.15) is 5.26 Å². The Bertz CT molecular complexity index is 1120. The van der Waals surface area contributed by atoms with Gasteiger partial charge in [-0.05, 0) is 29.3 Å². The van der Waals surface area contributed by atoms with Crippen LogP contribution in [0, 0.1) is 11.3 Å². The molecule has 0 N–H and O–H groups in total. The molecule has 27 heavy (non-hydrogen) atoms.